The van der Waals surface area contributed by atoms with Crippen molar-refractivity contribution in [2.45, 2.75) is 45.6 Å². The summed E-state index contributed by atoms with van der Waals surface area (Å²) in [5.41, 5.74) is 4.30. The number of ether oxygens (including phenoxy) is 1. The minimum Gasteiger partial charge on any atom is -0.507 e. The number of hydrogen-bond acceptors (Lipinski definition) is 6. The minimum atomic E-state index is -0.529. The zero-order chi connectivity index (χ0) is 26.3. The predicted octanol–water partition coefficient (Wildman–Crippen LogP) is 5.42. The van der Waals surface area contributed by atoms with Gasteiger partial charge < -0.3 is 9.84 Å². The van der Waals surface area contributed by atoms with Gasteiger partial charge in [0.15, 0.2) is 0 Å². The number of allylic oxidation sites excluding steroid dienone is 2. The number of amides is 2. The standard InChI is InChI=1S/C29H30N2O6/c1-3-18(14-19-7-4-5-10-24(19)32)11-12-25-26-17(2)13-22-27(23(26)16-37-25)29(34)30(28(22)33)20-8-6-9-21(15-20)31(35)36/h4-10,14-15,22-23,25,27,32H,3,11-13,16H2,1-2H3/b18-14+/t22-,23+,25-,27-/m1/s1. The lowest BCUT2D eigenvalue weighted by molar-refractivity contribution is -0.384. The monoisotopic (exact) mass is 502 g/mol. The second kappa shape index (κ2) is 9.94. The number of nitrogens with zero attached hydrogens (tertiary/aromatic N) is 2. The van der Waals surface area contributed by atoms with Crippen LogP contribution in [0.4, 0.5) is 11.4 Å². The van der Waals surface area contributed by atoms with Crippen LogP contribution in [0.25, 0.3) is 6.08 Å². The van der Waals surface area contributed by atoms with Crippen molar-refractivity contribution in [1.82, 2.24) is 0 Å². The van der Waals surface area contributed by atoms with Gasteiger partial charge in [0.05, 0.1) is 35.2 Å². The number of imide groups is 1. The molecule has 0 bridgehead atoms. The van der Waals surface area contributed by atoms with Crippen molar-refractivity contribution in [2.75, 3.05) is 11.5 Å². The molecule has 2 aliphatic heterocycles. The van der Waals surface area contributed by atoms with Gasteiger partial charge in [0.2, 0.25) is 11.8 Å². The van der Waals surface area contributed by atoms with Crippen molar-refractivity contribution in [3.63, 3.8) is 0 Å². The van der Waals surface area contributed by atoms with E-state index < -0.39 is 16.8 Å². The molecule has 0 aromatic heterocycles. The number of hydrogen-bond donors (Lipinski definition) is 1. The molecule has 37 heavy (non-hydrogen) atoms. The second-order valence-corrected chi connectivity index (χ2v) is 10.0. The van der Waals surface area contributed by atoms with E-state index in [-0.39, 0.29) is 41.0 Å². The summed E-state index contributed by atoms with van der Waals surface area (Å²) in [7, 11) is 0. The first-order valence-electron chi connectivity index (χ1n) is 12.7. The van der Waals surface area contributed by atoms with Crippen molar-refractivity contribution in [3.05, 3.63) is 80.9 Å². The van der Waals surface area contributed by atoms with Crippen LogP contribution in [0.5, 0.6) is 5.75 Å². The molecule has 2 heterocycles. The highest BCUT2D eigenvalue weighted by Crippen LogP contribution is 2.50. The number of nitro groups is 1. The zero-order valence-corrected chi connectivity index (χ0v) is 20.9. The van der Waals surface area contributed by atoms with Crippen molar-refractivity contribution in [1.29, 1.82) is 0 Å². The maximum absolute atomic E-state index is 13.6. The second-order valence-electron chi connectivity index (χ2n) is 10.0. The third kappa shape index (κ3) is 4.46. The number of phenols is 1. The number of anilines is 1. The van der Waals surface area contributed by atoms with Crippen LogP contribution in [0.2, 0.25) is 0 Å². The van der Waals surface area contributed by atoms with Gasteiger partial charge in [0.1, 0.15) is 5.75 Å². The fraction of sp³-hybridized carbons (Fsp3) is 0.379. The summed E-state index contributed by atoms with van der Waals surface area (Å²) in [5, 5.41) is 21.4. The van der Waals surface area contributed by atoms with Crippen LogP contribution in [0.15, 0.2) is 65.3 Å². The number of nitro benzene ring substituents is 1. The molecule has 0 radical (unpaired) electrons. The molecule has 2 aromatic carbocycles. The van der Waals surface area contributed by atoms with E-state index in [1.54, 1.807) is 18.2 Å². The van der Waals surface area contributed by atoms with Gasteiger partial charge in [0.25, 0.3) is 5.69 Å². The summed E-state index contributed by atoms with van der Waals surface area (Å²) >= 11 is 0. The summed E-state index contributed by atoms with van der Waals surface area (Å²) in [6, 6.07) is 12.9. The van der Waals surface area contributed by atoms with Gasteiger partial charge in [-0.05, 0) is 50.3 Å². The molecular weight excluding hydrogens is 472 g/mol. The fourth-order valence-electron chi connectivity index (χ4n) is 6.13. The van der Waals surface area contributed by atoms with E-state index in [0.717, 1.165) is 40.9 Å². The van der Waals surface area contributed by atoms with Gasteiger partial charge in [-0.1, -0.05) is 48.4 Å². The first kappa shape index (κ1) is 24.9. The van der Waals surface area contributed by atoms with E-state index in [9.17, 15) is 24.8 Å². The number of non-ortho nitro benzene ring substituents is 1. The lowest BCUT2D eigenvalue weighted by Gasteiger charge is -2.30. The summed E-state index contributed by atoms with van der Waals surface area (Å²) in [4.78, 5) is 38.8. The number of para-hydroxylation sites is 1. The highest BCUT2D eigenvalue weighted by Gasteiger charge is 2.56. The number of carbonyl (C=O) groups is 2. The maximum Gasteiger partial charge on any atom is 0.271 e. The molecule has 2 fully saturated rings. The molecule has 3 aliphatic rings. The van der Waals surface area contributed by atoms with Crippen molar-refractivity contribution in [3.8, 4) is 5.75 Å². The Labute approximate surface area is 215 Å². The third-order valence-corrected chi connectivity index (χ3v) is 7.93. The molecule has 1 N–H and O–H groups in total. The van der Waals surface area contributed by atoms with Gasteiger partial charge in [-0.3, -0.25) is 19.7 Å². The van der Waals surface area contributed by atoms with Gasteiger partial charge in [-0.15, -0.1) is 0 Å². The normalized spacial score (nSPS) is 25.5. The molecule has 0 spiro atoms. The summed E-state index contributed by atoms with van der Waals surface area (Å²) in [6.45, 7) is 4.49. The van der Waals surface area contributed by atoms with Crippen molar-refractivity contribution < 1.29 is 24.4 Å². The Morgan fingerprint density at radius 2 is 1.95 bits per heavy atom. The summed E-state index contributed by atoms with van der Waals surface area (Å²) in [6.07, 6.45) is 4.78. The van der Waals surface area contributed by atoms with E-state index in [2.05, 4.69) is 6.92 Å². The van der Waals surface area contributed by atoms with Crippen molar-refractivity contribution >= 4 is 29.3 Å². The van der Waals surface area contributed by atoms with Gasteiger partial charge in [-0.2, -0.15) is 0 Å². The van der Waals surface area contributed by atoms with Crippen LogP contribution < -0.4 is 4.90 Å². The van der Waals surface area contributed by atoms with E-state index in [0.29, 0.717) is 13.0 Å². The Morgan fingerprint density at radius 1 is 1.16 bits per heavy atom. The van der Waals surface area contributed by atoms with E-state index in [1.807, 2.05) is 25.1 Å². The molecule has 2 aromatic rings. The van der Waals surface area contributed by atoms with E-state index in [4.69, 9.17) is 4.74 Å². The molecule has 1 aliphatic carbocycles. The Morgan fingerprint density at radius 3 is 2.68 bits per heavy atom. The number of fused-ring (bicyclic) bond motifs is 3. The first-order valence-corrected chi connectivity index (χ1v) is 12.7. The van der Waals surface area contributed by atoms with Gasteiger partial charge >= 0.3 is 0 Å². The lowest BCUT2D eigenvalue weighted by atomic mass is 9.70. The average molecular weight is 503 g/mol. The molecule has 8 nitrogen and oxygen atoms in total. The molecule has 0 unspecified atom stereocenters. The number of aromatic hydroxyl groups is 1. The molecule has 5 rings (SSSR count). The average Bonchev–Trinajstić information content (AvgIpc) is 3.42. The summed E-state index contributed by atoms with van der Waals surface area (Å²) < 4.78 is 6.22. The summed E-state index contributed by atoms with van der Waals surface area (Å²) in [5.74, 6) is -1.51. The lowest BCUT2D eigenvalue weighted by Crippen LogP contribution is -2.34. The highest BCUT2D eigenvalue weighted by atomic mass is 16.6. The third-order valence-electron chi connectivity index (χ3n) is 7.93. The topological polar surface area (TPSA) is 110 Å². The SMILES string of the molecule is CC/C(=C\c1ccccc1O)CC[C@H]1OC[C@H]2C1=C(C)C[C@H]1C(=O)N(c3cccc([N+](=O)[O-])c3)C(=O)[C@H]12. The first-order chi connectivity index (χ1) is 17.8. The fourth-order valence-corrected chi connectivity index (χ4v) is 6.13. The van der Waals surface area contributed by atoms with Crippen LogP contribution in [-0.2, 0) is 14.3 Å². The molecule has 8 heteroatoms. The predicted molar refractivity (Wildman–Crippen MR) is 139 cm³/mol. The molecule has 2 amide bonds. The minimum absolute atomic E-state index is 0.125. The van der Waals surface area contributed by atoms with Gasteiger partial charge in [-0.25, -0.2) is 4.90 Å². The van der Waals surface area contributed by atoms with Crippen LogP contribution in [-0.4, -0.2) is 34.6 Å². The quantitative estimate of drug-likeness (QED) is 0.234. The Balaban J connectivity index is 1.35. The van der Waals surface area contributed by atoms with Crippen LogP contribution in [0.1, 0.15) is 45.1 Å². The van der Waals surface area contributed by atoms with Crippen LogP contribution in [0, 0.1) is 27.9 Å². The van der Waals surface area contributed by atoms with Crippen molar-refractivity contribution in [2.24, 2.45) is 17.8 Å². The van der Waals surface area contributed by atoms with Gasteiger partial charge in [0, 0.05) is 23.6 Å². The number of benzene rings is 2. The number of rotatable bonds is 7. The highest BCUT2D eigenvalue weighted by molar-refractivity contribution is 6.22. The smallest absolute Gasteiger partial charge is 0.271 e. The molecule has 0 saturated carbocycles. The van der Waals surface area contributed by atoms with E-state index >= 15 is 0 Å². The Bertz CT molecular complexity index is 1330. The maximum atomic E-state index is 13.6. The largest absolute Gasteiger partial charge is 0.507 e. The molecule has 192 valence electrons. The zero-order valence-electron chi connectivity index (χ0n) is 20.9. The molecule has 2 saturated heterocycles. The Kier molecular flexibility index (Phi) is 6.69. The van der Waals surface area contributed by atoms with E-state index in [1.165, 1.54) is 23.8 Å². The molecular formula is C29H30N2O6. The van der Waals surface area contributed by atoms with Crippen LogP contribution >= 0.6 is 0 Å². The molecule has 4 atom stereocenters. The number of phenolic OH excluding ortho intramolecular Hbond substituents is 1. The number of carbonyl (C=O) groups excluding carboxylic acids is 2. The van der Waals surface area contributed by atoms with Crippen LogP contribution in [0.3, 0.4) is 0 Å². The Hall–Kier alpha value is -3.78.